The molecule has 2 aromatic heterocycles. The molecule has 0 aliphatic heterocycles. The molecule has 30 heavy (non-hydrogen) atoms. The minimum atomic E-state index is -1.21. The summed E-state index contributed by atoms with van der Waals surface area (Å²) >= 11 is 9.24. The van der Waals surface area contributed by atoms with Crippen LogP contribution in [0.2, 0.25) is 5.02 Å². The molecule has 10 heteroatoms. The Hall–Kier alpha value is -2.78. The number of aromatic nitrogens is 3. The largest absolute Gasteiger partial charge is 0.448 e. The summed E-state index contributed by atoms with van der Waals surface area (Å²) in [7, 11) is 0. The monoisotopic (exact) mass is 494 g/mol. The van der Waals surface area contributed by atoms with Crippen molar-refractivity contribution in [2.75, 3.05) is 5.32 Å². The van der Waals surface area contributed by atoms with Crippen molar-refractivity contribution in [3.63, 3.8) is 0 Å². The topological polar surface area (TPSA) is 86.1 Å². The lowest BCUT2D eigenvalue weighted by atomic mass is 10.3. The van der Waals surface area contributed by atoms with E-state index in [2.05, 4.69) is 31.3 Å². The lowest BCUT2D eigenvalue weighted by molar-refractivity contribution is -0.123. The summed E-state index contributed by atoms with van der Waals surface area (Å²) in [5.41, 5.74) is 1.43. The fourth-order valence-electron chi connectivity index (χ4n) is 2.65. The number of anilines is 1. The molecule has 1 amide bonds. The van der Waals surface area contributed by atoms with Gasteiger partial charge in [-0.2, -0.15) is 5.10 Å². The molecule has 0 aliphatic rings. The van der Waals surface area contributed by atoms with E-state index in [4.69, 9.17) is 16.3 Å². The fourth-order valence-corrected chi connectivity index (χ4v) is 3.16. The van der Waals surface area contributed by atoms with Crippen LogP contribution < -0.4 is 5.32 Å². The van der Waals surface area contributed by atoms with E-state index in [1.807, 2.05) is 19.9 Å². The van der Waals surface area contributed by atoms with Gasteiger partial charge in [-0.05, 0) is 57.2 Å². The van der Waals surface area contributed by atoms with Crippen molar-refractivity contribution in [3.8, 4) is 5.82 Å². The Morgan fingerprint density at radius 3 is 2.60 bits per heavy atom. The van der Waals surface area contributed by atoms with E-state index in [-0.39, 0.29) is 16.4 Å². The Kier molecular flexibility index (Phi) is 6.52. The maximum atomic E-state index is 13.9. The van der Waals surface area contributed by atoms with Gasteiger partial charge in [0.05, 0.1) is 16.4 Å². The van der Waals surface area contributed by atoms with Gasteiger partial charge in [-0.25, -0.2) is 18.9 Å². The van der Waals surface area contributed by atoms with Crippen molar-refractivity contribution in [1.82, 2.24) is 14.8 Å². The van der Waals surface area contributed by atoms with Crippen LogP contribution in [-0.2, 0) is 9.53 Å². The Morgan fingerprint density at radius 2 is 1.97 bits per heavy atom. The maximum Gasteiger partial charge on any atom is 0.359 e. The van der Waals surface area contributed by atoms with Gasteiger partial charge in [-0.3, -0.25) is 4.79 Å². The van der Waals surface area contributed by atoms with Crippen molar-refractivity contribution < 1.29 is 18.7 Å². The zero-order valence-corrected chi connectivity index (χ0v) is 18.6. The molecule has 0 fully saturated rings. The van der Waals surface area contributed by atoms with Gasteiger partial charge < -0.3 is 10.1 Å². The van der Waals surface area contributed by atoms with E-state index in [1.54, 1.807) is 16.8 Å². The second-order valence-corrected chi connectivity index (χ2v) is 7.82. The first-order chi connectivity index (χ1) is 14.2. The summed E-state index contributed by atoms with van der Waals surface area (Å²) in [6, 6.07) is 9.15. The van der Waals surface area contributed by atoms with Crippen LogP contribution in [0.5, 0.6) is 0 Å². The number of amides is 1. The van der Waals surface area contributed by atoms with Gasteiger partial charge in [0, 0.05) is 10.2 Å². The molecule has 0 aliphatic carbocycles. The third-order valence-electron chi connectivity index (χ3n) is 4.09. The summed E-state index contributed by atoms with van der Waals surface area (Å²) in [5, 5.41) is 6.76. The first kappa shape index (κ1) is 21.9. The average molecular weight is 496 g/mol. The van der Waals surface area contributed by atoms with Crippen LogP contribution in [0.4, 0.5) is 10.1 Å². The number of esters is 1. The Labute approximate surface area is 185 Å². The number of rotatable bonds is 5. The second-order valence-electron chi connectivity index (χ2n) is 6.50. The van der Waals surface area contributed by atoms with Crippen LogP contribution in [0.1, 0.15) is 28.8 Å². The highest BCUT2D eigenvalue weighted by Gasteiger charge is 2.23. The zero-order valence-electron chi connectivity index (χ0n) is 16.2. The third-order valence-corrected chi connectivity index (χ3v) is 4.89. The molecule has 156 valence electrons. The zero-order chi connectivity index (χ0) is 22.0. The molecule has 0 bridgehead atoms. The van der Waals surface area contributed by atoms with Crippen molar-refractivity contribution in [3.05, 3.63) is 68.8 Å². The average Bonchev–Trinajstić information content (AvgIpc) is 3.02. The maximum absolute atomic E-state index is 13.9. The van der Waals surface area contributed by atoms with E-state index in [9.17, 15) is 14.0 Å². The van der Waals surface area contributed by atoms with Crippen LogP contribution in [0.3, 0.4) is 0 Å². The Morgan fingerprint density at radius 1 is 1.23 bits per heavy atom. The van der Waals surface area contributed by atoms with Crippen LogP contribution in [0.15, 0.2) is 40.9 Å². The Balaban J connectivity index is 1.75. The first-order valence-electron chi connectivity index (χ1n) is 8.83. The van der Waals surface area contributed by atoms with E-state index < -0.39 is 23.8 Å². The third kappa shape index (κ3) is 4.85. The highest BCUT2D eigenvalue weighted by atomic mass is 79.9. The van der Waals surface area contributed by atoms with Gasteiger partial charge in [-0.1, -0.05) is 27.5 Å². The van der Waals surface area contributed by atoms with Crippen LogP contribution in [-0.4, -0.2) is 32.7 Å². The van der Waals surface area contributed by atoms with Gasteiger partial charge in [0.2, 0.25) is 0 Å². The minimum Gasteiger partial charge on any atom is -0.448 e. The number of ether oxygens (including phenoxy) is 1. The SMILES string of the molecule is Cc1cc(C)n(-c2ccc(Cl)c(C(=O)OC(C)C(=O)Nc3ccc(Br)cc3F)n2)n1. The van der Waals surface area contributed by atoms with Crippen molar-refractivity contribution in [1.29, 1.82) is 0 Å². The molecule has 0 radical (unpaired) electrons. The summed E-state index contributed by atoms with van der Waals surface area (Å²) in [5.74, 6) is -1.83. The van der Waals surface area contributed by atoms with Crippen LogP contribution in [0, 0.1) is 19.7 Å². The number of hydrogen-bond donors (Lipinski definition) is 1. The molecule has 3 rings (SSSR count). The molecule has 1 atom stereocenters. The van der Waals surface area contributed by atoms with Crippen LogP contribution >= 0.6 is 27.5 Å². The highest BCUT2D eigenvalue weighted by Crippen LogP contribution is 2.21. The van der Waals surface area contributed by atoms with Gasteiger partial charge in [-0.15, -0.1) is 0 Å². The predicted molar refractivity (Wildman–Crippen MR) is 113 cm³/mol. The molecule has 0 saturated heterocycles. The van der Waals surface area contributed by atoms with E-state index >= 15 is 0 Å². The number of pyridine rings is 1. The molecule has 0 saturated carbocycles. The molecular weight excluding hydrogens is 479 g/mol. The van der Waals surface area contributed by atoms with Gasteiger partial charge in [0.15, 0.2) is 17.6 Å². The van der Waals surface area contributed by atoms with E-state index in [0.717, 1.165) is 11.4 Å². The number of carbonyl (C=O) groups excluding carboxylic acids is 2. The van der Waals surface area contributed by atoms with Gasteiger partial charge >= 0.3 is 5.97 Å². The standard InChI is InChI=1S/C20H17BrClFN4O3/c1-10-8-11(2)27(26-10)17-7-5-14(22)18(25-17)20(29)30-12(3)19(28)24-16-6-4-13(21)9-15(16)23/h4-9,12H,1-3H3,(H,24,28). The summed E-state index contributed by atoms with van der Waals surface area (Å²) in [4.78, 5) is 29.1. The fraction of sp³-hybridized carbons (Fsp3) is 0.200. The molecule has 1 N–H and O–H groups in total. The van der Waals surface area contributed by atoms with Crippen molar-refractivity contribution in [2.24, 2.45) is 0 Å². The van der Waals surface area contributed by atoms with Crippen molar-refractivity contribution >= 4 is 45.1 Å². The summed E-state index contributed by atoms with van der Waals surface area (Å²) in [6.07, 6.45) is -1.21. The molecule has 1 aromatic carbocycles. The number of benzene rings is 1. The lowest BCUT2D eigenvalue weighted by Gasteiger charge is -2.14. The van der Waals surface area contributed by atoms with E-state index in [1.165, 1.54) is 25.1 Å². The lowest BCUT2D eigenvalue weighted by Crippen LogP contribution is -2.30. The number of nitrogens with zero attached hydrogens (tertiary/aromatic N) is 3. The Bertz CT molecular complexity index is 1140. The van der Waals surface area contributed by atoms with Crippen molar-refractivity contribution in [2.45, 2.75) is 26.9 Å². The van der Waals surface area contributed by atoms with Gasteiger partial charge in [0.25, 0.3) is 5.91 Å². The molecular formula is C20H17BrClFN4O3. The number of halogens is 3. The van der Waals surface area contributed by atoms with E-state index in [0.29, 0.717) is 10.3 Å². The normalized spacial score (nSPS) is 11.8. The number of carbonyl (C=O) groups is 2. The highest BCUT2D eigenvalue weighted by molar-refractivity contribution is 9.10. The molecule has 2 heterocycles. The summed E-state index contributed by atoms with van der Waals surface area (Å²) in [6.45, 7) is 5.05. The number of nitrogens with one attached hydrogen (secondary N) is 1. The quantitative estimate of drug-likeness (QED) is 0.522. The smallest absolute Gasteiger partial charge is 0.359 e. The first-order valence-corrected chi connectivity index (χ1v) is 10.00. The molecule has 0 spiro atoms. The van der Waals surface area contributed by atoms with Gasteiger partial charge in [0.1, 0.15) is 5.82 Å². The predicted octanol–water partition coefficient (Wildman–Crippen LogP) is 4.62. The summed E-state index contributed by atoms with van der Waals surface area (Å²) < 4.78 is 21.2. The minimum absolute atomic E-state index is 0.0335. The number of hydrogen-bond acceptors (Lipinski definition) is 5. The van der Waals surface area contributed by atoms with Crippen LogP contribution in [0.25, 0.3) is 5.82 Å². The number of aryl methyl sites for hydroxylation is 2. The second kappa shape index (κ2) is 8.93. The molecule has 3 aromatic rings. The molecule has 7 nitrogen and oxygen atoms in total. The molecule has 1 unspecified atom stereocenters.